The van der Waals surface area contributed by atoms with E-state index < -0.39 is 5.97 Å². The third kappa shape index (κ3) is 3.84. The van der Waals surface area contributed by atoms with Gasteiger partial charge in [0.05, 0.1) is 11.3 Å². The summed E-state index contributed by atoms with van der Waals surface area (Å²) in [7, 11) is 0. The number of hydrogen-bond donors (Lipinski definition) is 1. The average Bonchev–Trinajstić information content (AvgIpc) is 2.82. The summed E-state index contributed by atoms with van der Waals surface area (Å²) in [5, 5.41) is 9.01. The molecule has 126 valence electrons. The van der Waals surface area contributed by atoms with Gasteiger partial charge in [-0.25, -0.2) is 9.79 Å². The predicted octanol–water partition coefficient (Wildman–Crippen LogP) is 3.59. The van der Waals surface area contributed by atoms with Crippen LogP contribution >= 0.6 is 0 Å². The standard InChI is InChI=1S/C18H27N3O2/c1-17(2,3)20-11-12-21(18(4,5)6)16(20)19-14-9-7-13(8-10-14)15(22)23/h7-10H,11-12H2,1-6H3,(H,22,23). The number of guanidine groups is 1. The highest BCUT2D eigenvalue weighted by Gasteiger charge is 2.38. The van der Waals surface area contributed by atoms with Crippen molar-refractivity contribution in [1.29, 1.82) is 0 Å². The van der Waals surface area contributed by atoms with Gasteiger partial charge in [-0.3, -0.25) is 0 Å². The summed E-state index contributed by atoms with van der Waals surface area (Å²) in [6, 6.07) is 6.71. The van der Waals surface area contributed by atoms with Gasteiger partial charge in [-0.05, 0) is 65.8 Å². The molecule has 1 aromatic rings. The molecule has 0 radical (unpaired) electrons. The SMILES string of the molecule is CC(C)(C)N1CCN(C(C)(C)C)C1=Nc1ccc(C(=O)O)cc1. The Morgan fingerprint density at radius 1 is 0.957 bits per heavy atom. The lowest BCUT2D eigenvalue weighted by molar-refractivity contribution is 0.0697. The molecular weight excluding hydrogens is 290 g/mol. The third-order valence-corrected chi connectivity index (χ3v) is 3.99. The van der Waals surface area contributed by atoms with Crippen LogP contribution in [0.3, 0.4) is 0 Å². The molecule has 5 nitrogen and oxygen atoms in total. The van der Waals surface area contributed by atoms with Gasteiger partial charge < -0.3 is 14.9 Å². The Balaban J connectivity index is 2.41. The maximum absolute atomic E-state index is 11.0. The summed E-state index contributed by atoms with van der Waals surface area (Å²) < 4.78 is 0. The van der Waals surface area contributed by atoms with Crippen LogP contribution in [0.25, 0.3) is 0 Å². The van der Waals surface area contributed by atoms with E-state index in [-0.39, 0.29) is 16.6 Å². The molecule has 0 unspecified atom stereocenters. The van der Waals surface area contributed by atoms with Gasteiger partial charge in [0.1, 0.15) is 0 Å². The van der Waals surface area contributed by atoms with Crippen LogP contribution in [-0.4, -0.2) is 51.0 Å². The Morgan fingerprint density at radius 3 is 1.74 bits per heavy atom. The van der Waals surface area contributed by atoms with E-state index in [2.05, 4.69) is 51.3 Å². The molecule has 0 aromatic heterocycles. The van der Waals surface area contributed by atoms with Gasteiger partial charge in [0.15, 0.2) is 0 Å². The zero-order chi connectivity index (χ0) is 17.4. The Labute approximate surface area is 138 Å². The molecule has 1 aromatic carbocycles. The summed E-state index contributed by atoms with van der Waals surface area (Å²) in [6.45, 7) is 15.0. The molecule has 1 N–H and O–H groups in total. The van der Waals surface area contributed by atoms with Gasteiger partial charge >= 0.3 is 5.97 Å². The molecule has 23 heavy (non-hydrogen) atoms. The monoisotopic (exact) mass is 317 g/mol. The van der Waals surface area contributed by atoms with Crippen LogP contribution in [0, 0.1) is 0 Å². The fraction of sp³-hybridized carbons (Fsp3) is 0.556. The second-order valence-corrected chi connectivity index (χ2v) is 7.91. The molecule has 0 bridgehead atoms. The number of nitrogens with zero attached hydrogens (tertiary/aromatic N) is 3. The molecule has 0 amide bonds. The summed E-state index contributed by atoms with van der Waals surface area (Å²) in [6.07, 6.45) is 0. The molecule has 0 saturated carbocycles. The second-order valence-electron chi connectivity index (χ2n) is 7.91. The van der Waals surface area contributed by atoms with Gasteiger partial charge in [0.2, 0.25) is 5.96 Å². The first-order valence-electron chi connectivity index (χ1n) is 7.97. The van der Waals surface area contributed by atoms with E-state index in [0.29, 0.717) is 0 Å². The Morgan fingerprint density at radius 2 is 1.39 bits per heavy atom. The molecular formula is C18H27N3O2. The van der Waals surface area contributed by atoms with Crippen molar-refractivity contribution in [3.63, 3.8) is 0 Å². The third-order valence-electron chi connectivity index (χ3n) is 3.99. The van der Waals surface area contributed by atoms with E-state index in [4.69, 9.17) is 10.1 Å². The maximum atomic E-state index is 11.0. The highest BCUT2D eigenvalue weighted by Crippen LogP contribution is 2.28. The van der Waals surface area contributed by atoms with Crippen molar-refractivity contribution >= 4 is 17.6 Å². The first-order chi connectivity index (χ1) is 10.5. The van der Waals surface area contributed by atoms with Gasteiger partial charge in [0, 0.05) is 24.2 Å². The van der Waals surface area contributed by atoms with Gasteiger partial charge in [-0.1, -0.05) is 0 Å². The maximum Gasteiger partial charge on any atom is 0.335 e. The minimum atomic E-state index is -0.919. The highest BCUT2D eigenvalue weighted by molar-refractivity contribution is 5.89. The number of rotatable bonds is 2. The van der Waals surface area contributed by atoms with Crippen LogP contribution in [0.5, 0.6) is 0 Å². The van der Waals surface area contributed by atoms with E-state index in [1.165, 1.54) is 0 Å². The van der Waals surface area contributed by atoms with Crippen LogP contribution in [0.2, 0.25) is 0 Å². The lowest BCUT2D eigenvalue weighted by Gasteiger charge is -2.38. The van der Waals surface area contributed by atoms with Crippen molar-refractivity contribution in [1.82, 2.24) is 9.80 Å². The van der Waals surface area contributed by atoms with Gasteiger partial charge in [0.25, 0.3) is 0 Å². The van der Waals surface area contributed by atoms with E-state index in [1.807, 2.05) is 0 Å². The summed E-state index contributed by atoms with van der Waals surface area (Å²) >= 11 is 0. The van der Waals surface area contributed by atoms with Crippen LogP contribution in [0.4, 0.5) is 5.69 Å². The molecule has 1 aliphatic rings. The largest absolute Gasteiger partial charge is 0.478 e. The first kappa shape index (κ1) is 17.3. The van der Waals surface area contributed by atoms with E-state index in [9.17, 15) is 4.79 Å². The Bertz CT molecular complexity index is 583. The van der Waals surface area contributed by atoms with E-state index >= 15 is 0 Å². The Hall–Kier alpha value is -2.04. The zero-order valence-electron chi connectivity index (χ0n) is 14.9. The average molecular weight is 317 g/mol. The quantitative estimate of drug-likeness (QED) is 0.905. The number of carboxylic acid groups (broad SMARTS) is 1. The molecule has 1 aliphatic heterocycles. The van der Waals surface area contributed by atoms with Crippen LogP contribution in [0.15, 0.2) is 29.3 Å². The summed E-state index contributed by atoms with van der Waals surface area (Å²) in [5.41, 5.74) is 1.02. The molecule has 0 aliphatic carbocycles. The minimum Gasteiger partial charge on any atom is -0.478 e. The fourth-order valence-electron chi connectivity index (χ4n) is 2.73. The molecule has 2 rings (SSSR count). The number of carboxylic acids is 1. The van der Waals surface area contributed by atoms with Crippen LogP contribution < -0.4 is 0 Å². The number of hydrogen-bond acceptors (Lipinski definition) is 2. The van der Waals surface area contributed by atoms with E-state index in [0.717, 1.165) is 24.7 Å². The summed E-state index contributed by atoms with van der Waals surface area (Å²) in [5.74, 6) is 0.0331. The van der Waals surface area contributed by atoms with Gasteiger partial charge in [-0.2, -0.15) is 0 Å². The number of aromatic carboxylic acids is 1. The molecule has 1 fully saturated rings. The molecule has 0 atom stereocenters. The zero-order valence-corrected chi connectivity index (χ0v) is 14.9. The molecule has 5 heteroatoms. The van der Waals surface area contributed by atoms with Gasteiger partial charge in [-0.15, -0.1) is 0 Å². The van der Waals surface area contributed by atoms with Crippen molar-refractivity contribution in [2.75, 3.05) is 13.1 Å². The predicted molar refractivity (Wildman–Crippen MR) is 93.4 cm³/mol. The summed E-state index contributed by atoms with van der Waals surface area (Å²) in [4.78, 5) is 20.4. The highest BCUT2D eigenvalue weighted by atomic mass is 16.4. The number of aliphatic imine (C=N–C) groups is 1. The molecule has 1 heterocycles. The van der Waals surface area contributed by atoms with Crippen molar-refractivity contribution in [3.8, 4) is 0 Å². The Kier molecular flexibility index (Phi) is 4.42. The number of carbonyl (C=O) groups is 1. The van der Waals surface area contributed by atoms with Crippen molar-refractivity contribution in [3.05, 3.63) is 29.8 Å². The van der Waals surface area contributed by atoms with Crippen molar-refractivity contribution in [2.45, 2.75) is 52.6 Å². The van der Waals surface area contributed by atoms with Crippen molar-refractivity contribution < 1.29 is 9.90 Å². The minimum absolute atomic E-state index is 0.0140. The molecule has 1 saturated heterocycles. The lowest BCUT2D eigenvalue weighted by Crippen LogP contribution is -2.49. The van der Waals surface area contributed by atoms with Crippen LogP contribution in [0.1, 0.15) is 51.9 Å². The first-order valence-corrected chi connectivity index (χ1v) is 7.97. The van der Waals surface area contributed by atoms with Crippen molar-refractivity contribution in [2.24, 2.45) is 4.99 Å². The van der Waals surface area contributed by atoms with E-state index in [1.54, 1.807) is 24.3 Å². The lowest BCUT2D eigenvalue weighted by atomic mass is 10.1. The normalized spacial score (nSPS) is 16.0. The molecule has 0 spiro atoms. The fourth-order valence-corrected chi connectivity index (χ4v) is 2.73. The number of benzene rings is 1. The van der Waals surface area contributed by atoms with Crippen LogP contribution in [-0.2, 0) is 0 Å². The second kappa shape index (κ2) is 5.87. The topological polar surface area (TPSA) is 56.1 Å². The smallest absolute Gasteiger partial charge is 0.335 e.